The normalized spacial score (nSPS) is 18.6. The summed E-state index contributed by atoms with van der Waals surface area (Å²) in [7, 11) is 0. The van der Waals surface area contributed by atoms with E-state index in [1.165, 1.54) is 32.0 Å². The first kappa shape index (κ1) is 17.8. The lowest BCUT2D eigenvalue weighted by atomic mass is 10.4. The van der Waals surface area contributed by atoms with E-state index in [9.17, 15) is 10.1 Å². The molecule has 1 aromatic heterocycles. The molecule has 2 saturated heterocycles. The van der Waals surface area contributed by atoms with E-state index in [0.717, 1.165) is 39.3 Å². The Balaban J connectivity index is 1.56. The Morgan fingerprint density at radius 2 is 1.36 bits per heavy atom. The van der Waals surface area contributed by atoms with Crippen LogP contribution in [-0.2, 0) is 0 Å². The average molecular weight is 349 g/mol. The topological polar surface area (TPSA) is 99.5 Å². The van der Waals surface area contributed by atoms with Crippen LogP contribution in [0, 0.1) is 10.1 Å². The van der Waals surface area contributed by atoms with Crippen molar-refractivity contribution in [2.24, 2.45) is 0 Å². The number of hydrogen-bond acceptors (Lipinski definition) is 8. The first-order valence-electron chi connectivity index (χ1n) is 9.16. The van der Waals surface area contributed by atoms with Gasteiger partial charge in [0.15, 0.2) is 0 Å². The molecule has 2 N–H and O–H groups in total. The van der Waals surface area contributed by atoms with E-state index in [0.29, 0.717) is 24.7 Å². The summed E-state index contributed by atoms with van der Waals surface area (Å²) in [6.07, 6.45) is 6.32. The van der Waals surface area contributed by atoms with Crippen LogP contribution in [0.1, 0.15) is 25.7 Å². The third-order valence-corrected chi connectivity index (χ3v) is 4.84. The Bertz CT molecular complexity index is 531. The van der Waals surface area contributed by atoms with E-state index in [1.54, 1.807) is 0 Å². The Labute approximate surface area is 148 Å². The first-order valence-corrected chi connectivity index (χ1v) is 9.16. The summed E-state index contributed by atoms with van der Waals surface area (Å²) in [6, 6.07) is 0. The van der Waals surface area contributed by atoms with Crippen molar-refractivity contribution < 1.29 is 4.92 Å². The van der Waals surface area contributed by atoms with Gasteiger partial charge in [0.2, 0.25) is 11.6 Å². The molecule has 0 bridgehead atoms. The fourth-order valence-corrected chi connectivity index (χ4v) is 3.49. The van der Waals surface area contributed by atoms with Crippen molar-refractivity contribution in [2.45, 2.75) is 25.7 Å². The van der Waals surface area contributed by atoms with E-state index >= 15 is 0 Å². The molecule has 9 heteroatoms. The second-order valence-electron chi connectivity index (χ2n) is 6.63. The lowest BCUT2D eigenvalue weighted by molar-refractivity contribution is -0.383. The molecule has 0 radical (unpaired) electrons. The van der Waals surface area contributed by atoms with E-state index in [1.807, 2.05) is 0 Å². The second-order valence-corrected chi connectivity index (χ2v) is 6.63. The van der Waals surface area contributed by atoms with Crippen molar-refractivity contribution >= 4 is 17.3 Å². The van der Waals surface area contributed by atoms with Gasteiger partial charge in [0, 0.05) is 26.2 Å². The zero-order chi connectivity index (χ0) is 17.5. The van der Waals surface area contributed by atoms with E-state index in [2.05, 4.69) is 30.4 Å². The van der Waals surface area contributed by atoms with Crippen LogP contribution >= 0.6 is 0 Å². The minimum Gasteiger partial charge on any atom is -0.363 e. The zero-order valence-corrected chi connectivity index (χ0v) is 14.6. The molecule has 0 amide bonds. The third kappa shape index (κ3) is 4.99. The summed E-state index contributed by atoms with van der Waals surface area (Å²) in [4.78, 5) is 24.0. The van der Waals surface area contributed by atoms with Gasteiger partial charge in [-0.15, -0.1) is 0 Å². The average Bonchev–Trinajstić information content (AvgIpc) is 3.28. The Morgan fingerprint density at radius 3 is 1.76 bits per heavy atom. The van der Waals surface area contributed by atoms with Gasteiger partial charge in [0.1, 0.15) is 6.33 Å². The predicted octanol–water partition coefficient (Wildman–Crippen LogP) is 1.40. The molecule has 25 heavy (non-hydrogen) atoms. The van der Waals surface area contributed by atoms with Crippen molar-refractivity contribution in [2.75, 3.05) is 63.0 Å². The number of hydrogen-bond donors (Lipinski definition) is 2. The summed E-state index contributed by atoms with van der Waals surface area (Å²) in [5.74, 6) is 0.589. The SMILES string of the molecule is O=[N+]([O-])c1c(NCCN2CCCC2)ncnc1NCCN1CCCC1. The number of rotatable bonds is 9. The molecule has 2 aliphatic heterocycles. The van der Waals surface area contributed by atoms with Crippen molar-refractivity contribution in [3.8, 4) is 0 Å². The van der Waals surface area contributed by atoms with Crippen LogP contribution in [0.4, 0.5) is 17.3 Å². The minimum atomic E-state index is -0.406. The van der Waals surface area contributed by atoms with Gasteiger partial charge in [0.25, 0.3) is 0 Å². The Kier molecular flexibility index (Phi) is 6.35. The number of anilines is 2. The number of likely N-dealkylation sites (tertiary alicyclic amines) is 2. The van der Waals surface area contributed by atoms with Crippen LogP contribution in [0.2, 0.25) is 0 Å². The quantitative estimate of drug-likeness (QED) is 0.510. The third-order valence-electron chi connectivity index (χ3n) is 4.84. The standard InChI is InChI=1S/C16H27N7O2/c24-23(25)14-15(17-5-11-21-7-1-2-8-21)19-13-20-16(14)18-6-12-22-9-3-4-10-22/h13H,1-12H2,(H2,17,18,19,20). The molecule has 0 unspecified atom stereocenters. The van der Waals surface area contributed by atoms with Gasteiger partial charge >= 0.3 is 5.69 Å². The van der Waals surface area contributed by atoms with Crippen LogP contribution in [-0.4, -0.2) is 77.0 Å². The fraction of sp³-hybridized carbons (Fsp3) is 0.750. The van der Waals surface area contributed by atoms with E-state index in [4.69, 9.17) is 0 Å². The zero-order valence-electron chi connectivity index (χ0n) is 14.6. The van der Waals surface area contributed by atoms with Crippen LogP contribution in [0.25, 0.3) is 0 Å². The van der Waals surface area contributed by atoms with Crippen molar-refractivity contribution in [1.29, 1.82) is 0 Å². The molecule has 0 aromatic carbocycles. The molecule has 138 valence electrons. The summed E-state index contributed by atoms with van der Waals surface area (Å²) >= 11 is 0. The fourth-order valence-electron chi connectivity index (χ4n) is 3.49. The molecule has 1 aromatic rings. The van der Waals surface area contributed by atoms with Crippen LogP contribution in [0.15, 0.2) is 6.33 Å². The van der Waals surface area contributed by atoms with Crippen molar-refractivity contribution in [1.82, 2.24) is 19.8 Å². The highest BCUT2D eigenvalue weighted by Crippen LogP contribution is 2.28. The molecule has 2 fully saturated rings. The largest absolute Gasteiger partial charge is 0.363 e. The van der Waals surface area contributed by atoms with Crippen molar-refractivity contribution in [3.05, 3.63) is 16.4 Å². The molecule has 3 rings (SSSR count). The minimum absolute atomic E-state index is 0.0645. The van der Waals surface area contributed by atoms with Gasteiger partial charge in [-0.05, 0) is 51.9 Å². The molecule has 0 aliphatic carbocycles. The summed E-state index contributed by atoms with van der Waals surface area (Å²) < 4.78 is 0. The predicted molar refractivity (Wildman–Crippen MR) is 97.0 cm³/mol. The van der Waals surface area contributed by atoms with Crippen LogP contribution < -0.4 is 10.6 Å². The smallest absolute Gasteiger partial charge is 0.353 e. The van der Waals surface area contributed by atoms with Gasteiger partial charge in [-0.1, -0.05) is 0 Å². The van der Waals surface area contributed by atoms with Gasteiger partial charge < -0.3 is 20.4 Å². The van der Waals surface area contributed by atoms with E-state index in [-0.39, 0.29) is 5.69 Å². The van der Waals surface area contributed by atoms with Gasteiger partial charge in [0.05, 0.1) is 4.92 Å². The number of nitro groups is 1. The maximum atomic E-state index is 11.5. The first-order chi connectivity index (χ1) is 12.2. The van der Waals surface area contributed by atoms with Crippen LogP contribution in [0.5, 0.6) is 0 Å². The lowest BCUT2D eigenvalue weighted by Crippen LogP contribution is -2.27. The van der Waals surface area contributed by atoms with Gasteiger partial charge in [-0.25, -0.2) is 9.97 Å². The lowest BCUT2D eigenvalue weighted by Gasteiger charge is -2.16. The molecule has 2 aliphatic rings. The Hall–Kier alpha value is -2.00. The molecule has 0 atom stereocenters. The molecular formula is C16H27N7O2. The molecule has 0 spiro atoms. The summed E-state index contributed by atoms with van der Waals surface area (Å²) in [5, 5.41) is 17.7. The van der Waals surface area contributed by atoms with Crippen LogP contribution in [0.3, 0.4) is 0 Å². The molecule has 0 saturated carbocycles. The van der Waals surface area contributed by atoms with Gasteiger partial charge in [-0.3, -0.25) is 10.1 Å². The Morgan fingerprint density at radius 1 is 0.920 bits per heavy atom. The molecule has 9 nitrogen and oxygen atoms in total. The van der Waals surface area contributed by atoms with Crippen molar-refractivity contribution in [3.63, 3.8) is 0 Å². The monoisotopic (exact) mass is 349 g/mol. The van der Waals surface area contributed by atoms with E-state index < -0.39 is 4.92 Å². The van der Waals surface area contributed by atoms with Gasteiger partial charge in [-0.2, -0.15) is 0 Å². The number of nitrogens with one attached hydrogen (secondary N) is 2. The summed E-state index contributed by atoms with van der Waals surface area (Å²) in [5.41, 5.74) is -0.0645. The maximum absolute atomic E-state index is 11.5. The molecule has 3 heterocycles. The number of nitrogens with zero attached hydrogens (tertiary/aromatic N) is 5. The second kappa shape index (κ2) is 8.91. The highest BCUT2D eigenvalue weighted by molar-refractivity contribution is 5.69. The summed E-state index contributed by atoms with van der Waals surface area (Å²) in [6.45, 7) is 7.47. The maximum Gasteiger partial charge on any atom is 0.353 e. The molecular weight excluding hydrogens is 322 g/mol. The highest BCUT2D eigenvalue weighted by Gasteiger charge is 2.23. The number of aromatic nitrogens is 2. The highest BCUT2D eigenvalue weighted by atomic mass is 16.6.